The van der Waals surface area contributed by atoms with Crippen LogP contribution in [0.15, 0.2) is 53.7 Å². The third kappa shape index (κ3) is 5.61. The Bertz CT molecular complexity index is 755. The number of benzene rings is 2. The molecular weight excluding hydrogens is 336 g/mol. The normalized spacial score (nSPS) is 12.9. The lowest BCUT2D eigenvalue weighted by molar-refractivity contribution is -0.145. The molecule has 2 aromatic carbocycles. The molecule has 0 aliphatic heterocycles. The van der Waals surface area contributed by atoms with Crippen molar-refractivity contribution in [3.63, 3.8) is 0 Å². The van der Waals surface area contributed by atoms with Crippen LogP contribution in [0, 0.1) is 5.92 Å². The summed E-state index contributed by atoms with van der Waals surface area (Å²) in [7, 11) is 0. The predicted octanol–water partition coefficient (Wildman–Crippen LogP) is 4.51. The molecule has 5 heteroatoms. The Kier molecular flexibility index (Phi) is 6.59. The van der Waals surface area contributed by atoms with E-state index in [0.29, 0.717) is 16.5 Å². The number of amidine groups is 1. The zero-order valence-corrected chi connectivity index (χ0v) is 15.5. The highest BCUT2D eigenvalue weighted by molar-refractivity contribution is 6.31. The molecule has 0 saturated carbocycles. The second kappa shape index (κ2) is 8.67. The van der Waals surface area contributed by atoms with E-state index in [1.54, 1.807) is 31.2 Å². The molecule has 0 unspecified atom stereocenters. The van der Waals surface area contributed by atoms with Crippen LogP contribution in [-0.2, 0) is 16.1 Å². The molecule has 0 amide bonds. The number of nitrogens with zero attached hydrogens (tertiary/aromatic N) is 1. The highest BCUT2D eigenvalue weighted by atomic mass is 35.5. The summed E-state index contributed by atoms with van der Waals surface area (Å²) in [6, 6.07) is 14.9. The van der Waals surface area contributed by atoms with Crippen molar-refractivity contribution in [2.45, 2.75) is 33.1 Å². The van der Waals surface area contributed by atoms with E-state index >= 15 is 0 Å². The van der Waals surface area contributed by atoms with Crippen LogP contribution in [0.3, 0.4) is 0 Å². The first-order valence-corrected chi connectivity index (χ1v) is 8.63. The van der Waals surface area contributed by atoms with E-state index in [1.165, 1.54) is 5.56 Å². The van der Waals surface area contributed by atoms with Crippen LogP contribution in [0.25, 0.3) is 0 Å². The summed E-state index contributed by atoms with van der Waals surface area (Å²) >= 11 is 5.91. The zero-order valence-electron chi connectivity index (χ0n) is 14.7. The van der Waals surface area contributed by atoms with Gasteiger partial charge in [-0.15, -0.1) is 0 Å². The first-order valence-electron chi connectivity index (χ1n) is 8.26. The van der Waals surface area contributed by atoms with Crippen molar-refractivity contribution in [2.24, 2.45) is 16.8 Å². The van der Waals surface area contributed by atoms with E-state index in [0.717, 1.165) is 12.0 Å². The van der Waals surface area contributed by atoms with Crippen LogP contribution in [0.5, 0.6) is 0 Å². The summed E-state index contributed by atoms with van der Waals surface area (Å²) in [4.78, 5) is 17.2. The number of oxime groups is 1. The lowest BCUT2D eigenvalue weighted by Crippen LogP contribution is -2.17. The zero-order chi connectivity index (χ0) is 18.4. The number of hydrogen-bond donors (Lipinski definition) is 1. The van der Waals surface area contributed by atoms with Gasteiger partial charge in [-0.2, -0.15) is 0 Å². The molecule has 0 bridgehead atoms. The standard InChI is InChI=1S/C20H23ClN2O2/c1-13(2)11-15-7-9-16(10-8-15)14(3)20(24)25-23-19(22)17-5-4-6-18(21)12-17/h4-10,12-14H,11H2,1-3H3,(H2,22,23)/t14-/m1/s1. The Hall–Kier alpha value is -2.33. The van der Waals surface area contributed by atoms with Crippen LogP contribution in [0.2, 0.25) is 5.02 Å². The Balaban J connectivity index is 2.01. The van der Waals surface area contributed by atoms with Crippen molar-refractivity contribution >= 4 is 23.4 Å². The Morgan fingerprint density at radius 1 is 1.16 bits per heavy atom. The van der Waals surface area contributed by atoms with E-state index in [2.05, 4.69) is 19.0 Å². The quantitative estimate of drug-likeness (QED) is 0.357. The Morgan fingerprint density at radius 3 is 2.44 bits per heavy atom. The molecular formula is C20H23ClN2O2. The number of rotatable bonds is 6. The van der Waals surface area contributed by atoms with Crippen LogP contribution in [0.1, 0.15) is 43.4 Å². The summed E-state index contributed by atoms with van der Waals surface area (Å²) in [6.07, 6.45) is 1.01. The van der Waals surface area contributed by atoms with Gasteiger partial charge < -0.3 is 10.6 Å². The Labute approximate surface area is 153 Å². The molecule has 0 aliphatic carbocycles. The van der Waals surface area contributed by atoms with Gasteiger partial charge in [0.15, 0.2) is 5.84 Å². The van der Waals surface area contributed by atoms with Gasteiger partial charge in [0.05, 0.1) is 5.92 Å². The number of halogens is 1. The van der Waals surface area contributed by atoms with Crippen molar-refractivity contribution in [3.05, 3.63) is 70.2 Å². The number of nitrogens with two attached hydrogens (primary N) is 1. The minimum atomic E-state index is -0.457. The highest BCUT2D eigenvalue weighted by Gasteiger charge is 2.17. The fraction of sp³-hybridized carbons (Fsp3) is 0.300. The third-order valence-corrected chi connectivity index (χ3v) is 4.07. The van der Waals surface area contributed by atoms with Gasteiger partial charge >= 0.3 is 5.97 Å². The lowest BCUT2D eigenvalue weighted by atomic mass is 9.97. The van der Waals surface area contributed by atoms with E-state index < -0.39 is 11.9 Å². The fourth-order valence-corrected chi connectivity index (χ4v) is 2.61. The van der Waals surface area contributed by atoms with Gasteiger partial charge in [0.1, 0.15) is 0 Å². The maximum atomic E-state index is 12.2. The summed E-state index contributed by atoms with van der Waals surface area (Å²) in [5, 5.41) is 4.26. The summed E-state index contributed by atoms with van der Waals surface area (Å²) in [6.45, 7) is 6.14. The molecule has 1 atom stereocenters. The topological polar surface area (TPSA) is 64.7 Å². The smallest absolute Gasteiger partial charge is 0.342 e. The van der Waals surface area contributed by atoms with Crippen molar-refractivity contribution in [1.29, 1.82) is 0 Å². The van der Waals surface area contributed by atoms with Crippen LogP contribution >= 0.6 is 11.6 Å². The van der Waals surface area contributed by atoms with Crippen molar-refractivity contribution in [2.75, 3.05) is 0 Å². The van der Waals surface area contributed by atoms with Gasteiger partial charge in [-0.1, -0.05) is 67.0 Å². The molecule has 0 radical (unpaired) electrons. The maximum absolute atomic E-state index is 12.2. The van der Waals surface area contributed by atoms with Gasteiger partial charge in [-0.3, -0.25) is 0 Å². The molecule has 0 aliphatic rings. The van der Waals surface area contributed by atoms with Crippen molar-refractivity contribution < 1.29 is 9.63 Å². The molecule has 0 saturated heterocycles. The van der Waals surface area contributed by atoms with Gasteiger partial charge in [0.25, 0.3) is 0 Å². The van der Waals surface area contributed by atoms with Crippen LogP contribution < -0.4 is 5.73 Å². The molecule has 2 N–H and O–H groups in total. The van der Waals surface area contributed by atoms with E-state index in [9.17, 15) is 4.79 Å². The second-order valence-corrected chi connectivity index (χ2v) is 6.89. The molecule has 0 spiro atoms. The van der Waals surface area contributed by atoms with Gasteiger partial charge in [0, 0.05) is 10.6 Å². The largest absolute Gasteiger partial charge is 0.380 e. The van der Waals surface area contributed by atoms with Crippen LogP contribution in [0.4, 0.5) is 0 Å². The lowest BCUT2D eigenvalue weighted by Gasteiger charge is -2.11. The fourth-order valence-electron chi connectivity index (χ4n) is 2.42. The van der Waals surface area contributed by atoms with Gasteiger partial charge in [-0.05, 0) is 42.5 Å². The first kappa shape index (κ1) is 19.0. The van der Waals surface area contributed by atoms with E-state index in [1.807, 2.05) is 24.3 Å². The first-order chi connectivity index (χ1) is 11.9. The van der Waals surface area contributed by atoms with Gasteiger partial charge in [-0.25, -0.2) is 4.79 Å². The summed E-state index contributed by atoms with van der Waals surface area (Å²) in [5.41, 5.74) is 8.57. The molecule has 132 valence electrons. The molecule has 4 nitrogen and oxygen atoms in total. The Morgan fingerprint density at radius 2 is 1.84 bits per heavy atom. The average molecular weight is 359 g/mol. The minimum absolute atomic E-state index is 0.107. The van der Waals surface area contributed by atoms with E-state index in [4.69, 9.17) is 22.2 Å². The van der Waals surface area contributed by atoms with E-state index in [-0.39, 0.29) is 5.84 Å². The van der Waals surface area contributed by atoms with Crippen molar-refractivity contribution in [3.8, 4) is 0 Å². The molecule has 0 aromatic heterocycles. The molecule has 2 rings (SSSR count). The minimum Gasteiger partial charge on any atom is -0.380 e. The molecule has 25 heavy (non-hydrogen) atoms. The molecule has 0 heterocycles. The molecule has 2 aromatic rings. The highest BCUT2D eigenvalue weighted by Crippen LogP contribution is 2.19. The maximum Gasteiger partial charge on any atom is 0.342 e. The summed E-state index contributed by atoms with van der Waals surface area (Å²) in [5.74, 6) is -0.182. The second-order valence-electron chi connectivity index (χ2n) is 6.46. The van der Waals surface area contributed by atoms with Crippen LogP contribution in [-0.4, -0.2) is 11.8 Å². The van der Waals surface area contributed by atoms with Crippen molar-refractivity contribution in [1.82, 2.24) is 0 Å². The number of hydrogen-bond acceptors (Lipinski definition) is 3. The number of carbonyl (C=O) groups excluding carboxylic acids is 1. The summed E-state index contributed by atoms with van der Waals surface area (Å²) < 4.78 is 0. The predicted molar refractivity (Wildman–Crippen MR) is 102 cm³/mol. The third-order valence-electron chi connectivity index (χ3n) is 3.83. The average Bonchev–Trinajstić information content (AvgIpc) is 2.59. The van der Waals surface area contributed by atoms with Gasteiger partial charge in [0.2, 0.25) is 0 Å². The SMILES string of the molecule is CC(C)Cc1ccc([C@@H](C)C(=O)O/N=C(/N)c2cccc(Cl)c2)cc1. The monoisotopic (exact) mass is 358 g/mol. The number of carbonyl (C=O) groups is 1. The molecule has 0 fully saturated rings.